The first-order valence-electron chi connectivity index (χ1n) is 6.33. The maximum absolute atomic E-state index is 11.3. The van der Waals surface area contributed by atoms with E-state index in [2.05, 4.69) is 23.7 Å². The third-order valence-corrected chi connectivity index (χ3v) is 3.91. The topological polar surface area (TPSA) is 53.4 Å². The van der Waals surface area contributed by atoms with E-state index in [1.807, 2.05) is 12.1 Å². The van der Waals surface area contributed by atoms with Gasteiger partial charge in [-0.25, -0.2) is 0 Å². The number of carboxylic acid groups (broad SMARTS) is 1. The molecule has 1 unspecified atom stereocenters. The van der Waals surface area contributed by atoms with Gasteiger partial charge in [-0.2, -0.15) is 0 Å². The second-order valence-electron chi connectivity index (χ2n) is 5.72. The molecule has 0 radical (unpaired) electrons. The number of carbonyl (C=O) groups is 1. The molecule has 0 aliphatic carbocycles. The first-order chi connectivity index (χ1) is 8.49. The molecule has 1 saturated heterocycles. The minimum atomic E-state index is -0.681. The summed E-state index contributed by atoms with van der Waals surface area (Å²) < 4.78 is 0. The molecule has 1 N–H and O–H groups in total. The number of rotatable bonds is 3. The number of aromatic nitrogens is 1. The second kappa shape index (κ2) is 5.06. The zero-order chi connectivity index (χ0) is 13.2. The summed E-state index contributed by atoms with van der Waals surface area (Å²) in [6.45, 7) is 6.50. The number of likely N-dealkylation sites (tertiary alicyclic amines) is 1. The van der Waals surface area contributed by atoms with Crippen molar-refractivity contribution in [2.75, 3.05) is 13.1 Å². The van der Waals surface area contributed by atoms with Crippen molar-refractivity contribution in [1.82, 2.24) is 9.88 Å². The lowest BCUT2D eigenvalue weighted by Crippen LogP contribution is -2.47. The molecule has 1 aromatic rings. The zero-order valence-corrected chi connectivity index (χ0v) is 11.0. The van der Waals surface area contributed by atoms with E-state index in [-0.39, 0.29) is 11.3 Å². The quantitative estimate of drug-likeness (QED) is 0.889. The molecule has 4 heteroatoms. The molecule has 2 heterocycles. The highest BCUT2D eigenvalue weighted by molar-refractivity contribution is 5.71. The number of carboxylic acids is 1. The highest BCUT2D eigenvalue weighted by Gasteiger charge is 2.39. The highest BCUT2D eigenvalue weighted by Crippen LogP contribution is 2.36. The fourth-order valence-electron chi connectivity index (χ4n) is 2.52. The Morgan fingerprint density at radius 2 is 2.17 bits per heavy atom. The van der Waals surface area contributed by atoms with Crippen LogP contribution in [-0.2, 0) is 11.3 Å². The maximum Gasteiger partial charge on any atom is 0.308 e. The molecule has 98 valence electrons. The van der Waals surface area contributed by atoms with Crippen LogP contribution in [0.3, 0.4) is 0 Å². The molecular weight excluding hydrogens is 228 g/mol. The summed E-state index contributed by atoms with van der Waals surface area (Å²) in [5, 5.41) is 9.32. The molecule has 1 aromatic heterocycles. The van der Waals surface area contributed by atoms with E-state index in [1.54, 1.807) is 12.4 Å². The van der Waals surface area contributed by atoms with Gasteiger partial charge in [-0.1, -0.05) is 13.8 Å². The molecule has 0 amide bonds. The van der Waals surface area contributed by atoms with Crippen molar-refractivity contribution >= 4 is 5.97 Å². The van der Waals surface area contributed by atoms with Gasteiger partial charge in [0.25, 0.3) is 0 Å². The van der Waals surface area contributed by atoms with E-state index in [1.165, 1.54) is 5.56 Å². The van der Waals surface area contributed by atoms with Crippen LogP contribution in [0.4, 0.5) is 0 Å². The summed E-state index contributed by atoms with van der Waals surface area (Å²) in [5.41, 5.74) is 1.08. The molecule has 0 saturated carbocycles. The standard InChI is InChI=1S/C14H20N2O2/c1-14(2)5-8-16(10-12(14)13(17)18)9-11-3-6-15-7-4-11/h3-4,6-7,12H,5,8-10H2,1-2H3,(H,17,18). The molecule has 4 nitrogen and oxygen atoms in total. The molecule has 1 atom stereocenters. The van der Waals surface area contributed by atoms with Crippen molar-refractivity contribution in [3.63, 3.8) is 0 Å². The summed E-state index contributed by atoms with van der Waals surface area (Å²) in [7, 11) is 0. The van der Waals surface area contributed by atoms with E-state index < -0.39 is 5.97 Å². The largest absolute Gasteiger partial charge is 0.481 e. The van der Waals surface area contributed by atoms with Crippen molar-refractivity contribution < 1.29 is 9.90 Å². The van der Waals surface area contributed by atoms with E-state index in [9.17, 15) is 9.90 Å². The Morgan fingerprint density at radius 3 is 2.78 bits per heavy atom. The van der Waals surface area contributed by atoms with Crippen molar-refractivity contribution in [2.24, 2.45) is 11.3 Å². The number of piperidine rings is 1. The normalized spacial score (nSPS) is 23.8. The van der Waals surface area contributed by atoms with Gasteiger partial charge in [-0.3, -0.25) is 14.7 Å². The van der Waals surface area contributed by atoms with Gasteiger partial charge in [0.1, 0.15) is 0 Å². The Morgan fingerprint density at radius 1 is 1.50 bits per heavy atom. The monoisotopic (exact) mass is 248 g/mol. The van der Waals surface area contributed by atoms with E-state index in [0.29, 0.717) is 6.54 Å². The van der Waals surface area contributed by atoms with Crippen LogP contribution in [-0.4, -0.2) is 34.0 Å². The Kier molecular flexibility index (Phi) is 3.66. The Balaban J connectivity index is 2.03. The Hall–Kier alpha value is -1.42. The second-order valence-corrected chi connectivity index (χ2v) is 5.72. The Labute approximate surface area is 108 Å². The average Bonchev–Trinajstić information content (AvgIpc) is 2.32. The molecule has 1 aliphatic heterocycles. The SMILES string of the molecule is CC1(C)CCN(Cc2ccncc2)CC1C(=O)O. The average molecular weight is 248 g/mol. The van der Waals surface area contributed by atoms with Crippen molar-refractivity contribution in [3.05, 3.63) is 30.1 Å². The minimum Gasteiger partial charge on any atom is -0.481 e. The number of hydrogen-bond acceptors (Lipinski definition) is 3. The van der Waals surface area contributed by atoms with Crippen molar-refractivity contribution in [3.8, 4) is 0 Å². The number of pyridine rings is 1. The lowest BCUT2D eigenvalue weighted by molar-refractivity contribution is -0.149. The van der Waals surface area contributed by atoms with Crippen LogP contribution in [0, 0.1) is 11.3 Å². The highest BCUT2D eigenvalue weighted by atomic mass is 16.4. The summed E-state index contributed by atoms with van der Waals surface area (Å²) in [6.07, 6.45) is 4.48. The first kappa shape index (κ1) is 13.0. The fraction of sp³-hybridized carbons (Fsp3) is 0.571. The summed E-state index contributed by atoms with van der Waals surface area (Å²) >= 11 is 0. The predicted octanol–water partition coefficient (Wildman–Crippen LogP) is 2.01. The molecule has 1 aliphatic rings. The fourth-order valence-corrected chi connectivity index (χ4v) is 2.52. The molecular formula is C14H20N2O2. The summed E-state index contributed by atoms with van der Waals surface area (Å²) in [4.78, 5) is 17.5. The summed E-state index contributed by atoms with van der Waals surface area (Å²) in [5.74, 6) is -0.965. The van der Waals surface area contributed by atoms with Gasteiger partial charge in [0.2, 0.25) is 0 Å². The number of hydrogen-bond donors (Lipinski definition) is 1. The smallest absolute Gasteiger partial charge is 0.308 e. The van der Waals surface area contributed by atoms with Crippen LogP contribution in [0.1, 0.15) is 25.8 Å². The third-order valence-electron chi connectivity index (χ3n) is 3.91. The van der Waals surface area contributed by atoms with Crippen LogP contribution in [0.25, 0.3) is 0 Å². The predicted molar refractivity (Wildman–Crippen MR) is 69.0 cm³/mol. The van der Waals surface area contributed by atoms with Crippen LogP contribution in [0.5, 0.6) is 0 Å². The van der Waals surface area contributed by atoms with Gasteiger partial charge in [0, 0.05) is 25.5 Å². The lowest BCUT2D eigenvalue weighted by Gasteiger charge is -2.41. The van der Waals surface area contributed by atoms with Gasteiger partial charge in [0.15, 0.2) is 0 Å². The van der Waals surface area contributed by atoms with E-state index in [0.717, 1.165) is 19.5 Å². The molecule has 2 rings (SSSR count). The summed E-state index contributed by atoms with van der Waals surface area (Å²) in [6, 6.07) is 3.96. The van der Waals surface area contributed by atoms with Crippen molar-refractivity contribution in [1.29, 1.82) is 0 Å². The van der Waals surface area contributed by atoms with Crippen molar-refractivity contribution in [2.45, 2.75) is 26.8 Å². The van der Waals surface area contributed by atoms with Crippen LogP contribution in [0.15, 0.2) is 24.5 Å². The van der Waals surface area contributed by atoms with Crippen LogP contribution < -0.4 is 0 Å². The third kappa shape index (κ3) is 2.88. The van der Waals surface area contributed by atoms with Gasteiger partial charge in [-0.15, -0.1) is 0 Å². The maximum atomic E-state index is 11.3. The first-order valence-corrected chi connectivity index (χ1v) is 6.33. The van der Waals surface area contributed by atoms with Gasteiger partial charge < -0.3 is 5.11 Å². The molecule has 1 fully saturated rings. The van der Waals surface area contributed by atoms with E-state index in [4.69, 9.17) is 0 Å². The Bertz CT molecular complexity index is 417. The van der Waals surface area contributed by atoms with Gasteiger partial charge >= 0.3 is 5.97 Å². The lowest BCUT2D eigenvalue weighted by atomic mass is 9.73. The molecule has 18 heavy (non-hydrogen) atoms. The molecule has 0 aromatic carbocycles. The minimum absolute atomic E-state index is 0.111. The zero-order valence-electron chi connectivity index (χ0n) is 11.0. The number of aliphatic carboxylic acids is 1. The van der Waals surface area contributed by atoms with Gasteiger partial charge in [0.05, 0.1) is 5.92 Å². The van der Waals surface area contributed by atoms with Gasteiger partial charge in [-0.05, 0) is 36.1 Å². The number of nitrogens with zero attached hydrogens (tertiary/aromatic N) is 2. The molecule has 0 spiro atoms. The van der Waals surface area contributed by atoms with Crippen LogP contribution in [0.2, 0.25) is 0 Å². The van der Waals surface area contributed by atoms with E-state index >= 15 is 0 Å². The van der Waals surface area contributed by atoms with Crippen LogP contribution >= 0.6 is 0 Å². The molecule has 0 bridgehead atoms.